The van der Waals surface area contributed by atoms with Crippen LogP contribution < -0.4 is 4.90 Å². The molecule has 0 bridgehead atoms. The summed E-state index contributed by atoms with van der Waals surface area (Å²) < 4.78 is 0. The average Bonchev–Trinajstić information content (AvgIpc) is 2.43. The first kappa shape index (κ1) is 12.6. The quantitative estimate of drug-likeness (QED) is 0.891. The molecule has 1 aliphatic heterocycles. The van der Waals surface area contributed by atoms with E-state index in [2.05, 4.69) is 60.4 Å². The van der Waals surface area contributed by atoms with E-state index in [0.717, 1.165) is 0 Å². The number of nitrogens with zero attached hydrogens (tertiary/aromatic N) is 1. The van der Waals surface area contributed by atoms with Crippen LogP contribution in [0.4, 0.5) is 11.4 Å². The summed E-state index contributed by atoms with van der Waals surface area (Å²) in [5.41, 5.74) is 2.36. The Labute approximate surface area is 118 Å². The van der Waals surface area contributed by atoms with Crippen LogP contribution in [0.1, 0.15) is 13.8 Å². The summed E-state index contributed by atoms with van der Waals surface area (Å²) >= 11 is 1.79. The van der Waals surface area contributed by atoms with Crippen LogP contribution in [0.2, 0.25) is 0 Å². The van der Waals surface area contributed by atoms with E-state index < -0.39 is 0 Å². The highest BCUT2D eigenvalue weighted by atomic mass is 32.2. The Bertz CT molecular complexity index is 551. The number of hydrogen-bond donors (Lipinski definition) is 1. The molecule has 1 aliphatic rings. The number of benzene rings is 2. The normalized spacial score (nSPS) is 16.5. The molecule has 2 atom stereocenters. The molecule has 2 aromatic rings. The van der Waals surface area contributed by atoms with Gasteiger partial charge in [0.15, 0.2) is 0 Å². The van der Waals surface area contributed by atoms with Crippen molar-refractivity contribution in [2.75, 3.05) is 4.90 Å². The summed E-state index contributed by atoms with van der Waals surface area (Å²) in [7, 11) is 0. The van der Waals surface area contributed by atoms with Crippen LogP contribution in [0, 0.1) is 0 Å². The summed E-state index contributed by atoms with van der Waals surface area (Å²) in [5, 5.41) is 9.98. The van der Waals surface area contributed by atoms with Gasteiger partial charge in [0.25, 0.3) is 0 Å². The lowest BCUT2D eigenvalue weighted by molar-refractivity contribution is 0.169. The Hall–Kier alpha value is -1.45. The molecule has 0 amide bonds. The lowest BCUT2D eigenvalue weighted by atomic mass is 10.1. The van der Waals surface area contributed by atoms with Crippen LogP contribution in [0.5, 0.6) is 0 Å². The molecule has 2 unspecified atom stereocenters. The summed E-state index contributed by atoms with van der Waals surface area (Å²) in [6, 6.07) is 16.8. The molecular weight excluding hydrogens is 254 g/mol. The van der Waals surface area contributed by atoms with Crippen molar-refractivity contribution in [2.24, 2.45) is 0 Å². The minimum absolute atomic E-state index is 0.0446. The highest BCUT2D eigenvalue weighted by Gasteiger charge is 2.28. The standard InChI is InChI=1S/C16H17NOS/c1-11(12(2)18)17-13-7-3-5-9-15(13)19-16-10-6-4-8-14(16)17/h3-12,18H,1-2H3. The molecule has 0 saturated carbocycles. The molecule has 19 heavy (non-hydrogen) atoms. The first-order valence-corrected chi connectivity index (χ1v) is 7.33. The van der Waals surface area contributed by atoms with Crippen molar-refractivity contribution in [1.29, 1.82) is 0 Å². The van der Waals surface area contributed by atoms with Crippen LogP contribution >= 0.6 is 11.8 Å². The zero-order valence-electron chi connectivity index (χ0n) is 11.1. The summed E-state index contributed by atoms with van der Waals surface area (Å²) in [5.74, 6) is 0. The first-order chi connectivity index (χ1) is 9.18. The molecule has 0 spiro atoms. The summed E-state index contributed by atoms with van der Waals surface area (Å²) in [6.07, 6.45) is -0.385. The largest absolute Gasteiger partial charge is 0.391 e. The molecular formula is C16H17NOS. The van der Waals surface area contributed by atoms with Gasteiger partial charge in [0.1, 0.15) is 0 Å². The van der Waals surface area contributed by atoms with Crippen LogP contribution in [0.3, 0.4) is 0 Å². The average molecular weight is 271 g/mol. The fourth-order valence-electron chi connectivity index (χ4n) is 2.39. The van der Waals surface area contributed by atoms with Crippen molar-refractivity contribution in [3.05, 3.63) is 48.5 Å². The van der Waals surface area contributed by atoms with E-state index in [9.17, 15) is 5.11 Å². The second kappa shape index (κ2) is 4.91. The number of fused-ring (bicyclic) bond motifs is 2. The lowest BCUT2D eigenvalue weighted by Gasteiger charge is -2.38. The molecule has 2 nitrogen and oxygen atoms in total. The molecule has 1 N–H and O–H groups in total. The van der Waals surface area contributed by atoms with Gasteiger partial charge in [-0.25, -0.2) is 0 Å². The van der Waals surface area contributed by atoms with Gasteiger partial charge in [-0.05, 0) is 38.1 Å². The monoisotopic (exact) mass is 271 g/mol. The number of aliphatic hydroxyl groups is 1. The van der Waals surface area contributed by atoms with Crippen LogP contribution in [-0.4, -0.2) is 17.3 Å². The minimum Gasteiger partial charge on any atom is -0.391 e. The Balaban J connectivity index is 2.16. The Kier molecular flexibility index (Phi) is 3.25. The van der Waals surface area contributed by atoms with Crippen molar-refractivity contribution < 1.29 is 5.11 Å². The van der Waals surface area contributed by atoms with Gasteiger partial charge in [-0.1, -0.05) is 36.0 Å². The van der Waals surface area contributed by atoms with Crippen molar-refractivity contribution in [3.63, 3.8) is 0 Å². The first-order valence-electron chi connectivity index (χ1n) is 6.51. The van der Waals surface area contributed by atoms with Crippen molar-refractivity contribution in [1.82, 2.24) is 0 Å². The molecule has 2 aromatic carbocycles. The number of para-hydroxylation sites is 2. The Morgan fingerprint density at radius 2 is 1.37 bits per heavy atom. The topological polar surface area (TPSA) is 23.5 Å². The maximum absolute atomic E-state index is 9.98. The fraction of sp³-hybridized carbons (Fsp3) is 0.250. The minimum atomic E-state index is -0.385. The van der Waals surface area contributed by atoms with Crippen LogP contribution in [-0.2, 0) is 0 Å². The SMILES string of the molecule is CC(O)C(C)N1c2ccccc2Sc2ccccc21. The highest BCUT2D eigenvalue weighted by Crippen LogP contribution is 2.48. The number of hydrogen-bond acceptors (Lipinski definition) is 3. The fourth-order valence-corrected chi connectivity index (χ4v) is 3.46. The maximum Gasteiger partial charge on any atom is 0.0716 e. The molecule has 3 rings (SSSR count). The van der Waals surface area contributed by atoms with E-state index in [1.54, 1.807) is 11.8 Å². The van der Waals surface area contributed by atoms with E-state index in [1.165, 1.54) is 21.2 Å². The zero-order chi connectivity index (χ0) is 13.4. The second-order valence-electron chi connectivity index (χ2n) is 4.89. The van der Waals surface area contributed by atoms with Gasteiger partial charge in [0.2, 0.25) is 0 Å². The van der Waals surface area contributed by atoms with Crippen molar-refractivity contribution in [3.8, 4) is 0 Å². The second-order valence-corrected chi connectivity index (χ2v) is 5.97. The zero-order valence-corrected chi connectivity index (χ0v) is 11.9. The highest BCUT2D eigenvalue weighted by molar-refractivity contribution is 7.99. The van der Waals surface area contributed by atoms with Gasteiger partial charge < -0.3 is 10.0 Å². The third-order valence-electron chi connectivity index (χ3n) is 3.57. The third-order valence-corrected chi connectivity index (χ3v) is 4.71. The summed E-state index contributed by atoms with van der Waals surface area (Å²) in [4.78, 5) is 4.73. The molecule has 0 fully saturated rings. The summed E-state index contributed by atoms with van der Waals surface area (Å²) in [6.45, 7) is 3.91. The predicted octanol–water partition coefficient (Wildman–Crippen LogP) is 4.06. The Morgan fingerprint density at radius 1 is 0.895 bits per heavy atom. The van der Waals surface area contributed by atoms with E-state index >= 15 is 0 Å². The maximum atomic E-state index is 9.98. The van der Waals surface area contributed by atoms with Crippen molar-refractivity contribution >= 4 is 23.1 Å². The van der Waals surface area contributed by atoms with Gasteiger partial charge in [-0.15, -0.1) is 0 Å². The van der Waals surface area contributed by atoms with Crippen LogP contribution in [0.15, 0.2) is 58.3 Å². The van der Waals surface area contributed by atoms with E-state index in [1.807, 2.05) is 6.92 Å². The van der Waals surface area contributed by atoms with E-state index in [4.69, 9.17) is 0 Å². The number of rotatable bonds is 2. The van der Waals surface area contributed by atoms with Gasteiger partial charge in [-0.3, -0.25) is 0 Å². The van der Waals surface area contributed by atoms with Gasteiger partial charge in [0.05, 0.1) is 23.5 Å². The molecule has 0 saturated heterocycles. The van der Waals surface area contributed by atoms with Gasteiger partial charge in [0, 0.05) is 9.79 Å². The molecule has 0 radical (unpaired) electrons. The molecule has 0 aromatic heterocycles. The van der Waals surface area contributed by atoms with Crippen molar-refractivity contribution in [2.45, 2.75) is 35.8 Å². The smallest absolute Gasteiger partial charge is 0.0716 e. The number of anilines is 2. The predicted molar refractivity (Wildman–Crippen MR) is 80.3 cm³/mol. The third kappa shape index (κ3) is 2.13. The molecule has 0 aliphatic carbocycles. The van der Waals surface area contributed by atoms with Gasteiger partial charge in [-0.2, -0.15) is 0 Å². The van der Waals surface area contributed by atoms with E-state index in [0.29, 0.717) is 0 Å². The van der Waals surface area contributed by atoms with Crippen LogP contribution in [0.25, 0.3) is 0 Å². The lowest BCUT2D eigenvalue weighted by Crippen LogP contribution is -2.38. The molecule has 98 valence electrons. The van der Waals surface area contributed by atoms with Gasteiger partial charge >= 0.3 is 0 Å². The molecule has 1 heterocycles. The Morgan fingerprint density at radius 3 is 1.84 bits per heavy atom. The molecule has 3 heteroatoms. The van der Waals surface area contributed by atoms with E-state index in [-0.39, 0.29) is 12.1 Å². The number of aliphatic hydroxyl groups excluding tert-OH is 1.